The first-order valence-electron chi connectivity index (χ1n) is 12.1. The van der Waals surface area contributed by atoms with Crippen molar-refractivity contribution in [1.82, 2.24) is 0 Å². The number of esters is 1. The zero-order valence-corrected chi connectivity index (χ0v) is 18.7. The van der Waals surface area contributed by atoms with Gasteiger partial charge in [-0.3, -0.25) is 4.79 Å². The van der Waals surface area contributed by atoms with Crippen LogP contribution in [0.1, 0.15) is 95.5 Å². The molecule has 30 heavy (non-hydrogen) atoms. The molecule has 0 N–H and O–H groups in total. The first-order valence-corrected chi connectivity index (χ1v) is 12.1. The monoisotopic (exact) mass is 408 g/mol. The van der Waals surface area contributed by atoms with Crippen molar-refractivity contribution in [2.45, 2.75) is 96.3 Å². The number of hydrogen-bond donors (Lipinski definition) is 0. The molecule has 0 aliphatic rings. The number of unbranched alkanes of at least 4 members (excludes halogenated alkanes) is 12. The fraction of sp³-hybridized carbons (Fsp3) is 0.536. The van der Waals surface area contributed by atoms with Gasteiger partial charge in [-0.15, -0.1) is 0 Å². The summed E-state index contributed by atoms with van der Waals surface area (Å²) < 4.78 is 5.31. The predicted molar refractivity (Wildman–Crippen MR) is 127 cm³/mol. The third kappa shape index (κ3) is 12.5. The molecule has 0 saturated heterocycles. The van der Waals surface area contributed by atoms with Gasteiger partial charge in [0.2, 0.25) is 0 Å². The van der Waals surface area contributed by atoms with Crippen molar-refractivity contribution in [1.29, 1.82) is 0 Å². The van der Waals surface area contributed by atoms with E-state index >= 15 is 0 Å². The van der Waals surface area contributed by atoms with Gasteiger partial charge in [0.15, 0.2) is 0 Å². The number of carbonyl (C=O) groups excluding carboxylic acids is 1. The first-order chi connectivity index (χ1) is 14.8. The van der Waals surface area contributed by atoms with E-state index in [0.717, 1.165) is 12.8 Å². The maximum absolute atomic E-state index is 11.8. The SMILES string of the molecule is O=C(CCCCCCCCCCCCCCCc1ccccc1)Oc1ccccc1. The molecule has 2 heteroatoms. The molecule has 0 heterocycles. The van der Waals surface area contributed by atoms with E-state index in [1.54, 1.807) is 0 Å². The summed E-state index contributed by atoms with van der Waals surface area (Å²) in [4.78, 5) is 11.8. The lowest BCUT2D eigenvalue weighted by molar-refractivity contribution is -0.134. The number of rotatable bonds is 17. The number of ether oxygens (including phenoxy) is 1. The van der Waals surface area contributed by atoms with Crippen LogP contribution in [0.5, 0.6) is 5.75 Å². The van der Waals surface area contributed by atoms with Crippen molar-refractivity contribution < 1.29 is 9.53 Å². The second kappa shape index (κ2) is 16.7. The minimum absolute atomic E-state index is 0.110. The molecule has 0 atom stereocenters. The molecule has 0 unspecified atom stereocenters. The molecule has 0 radical (unpaired) electrons. The highest BCUT2D eigenvalue weighted by Crippen LogP contribution is 2.15. The molecule has 0 aliphatic carbocycles. The molecule has 0 saturated carbocycles. The Bertz CT molecular complexity index is 651. The second-order valence-electron chi connectivity index (χ2n) is 8.37. The lowest BCUT2D eigenvalue weighted by Gasteiger charge is -2.05. The van der Waals surface area contributed by atoms with Crippen LogP contribution >= 0.6 is 0 Å². The fourth-order valence-electron chi connectivity index (χ4n) is 3.86. The molecule has 164 valence electrons. The number of para-hydroxylation sites is 1. The topological polar surface area (TPSA) is 26.3 Å². The summed E-state index contributed by atoms with van der Waals surface area (Å²) in [6, 6.07) is 20.2. The van der Waals surface area contributed by atoms with Crippen LogP contribution in [0.25, 0.3) is 0 Å². The molecule has 0 amide bonds. The number of benzene rings is 2. The van der Waals surface area contributed by atoms with E-state index in [4.69, 9.17) is 4.74 Å². The Labute approximate surface area is 184 Å². The standard InChI is InChI=1S/C28H40O2/c29-28(30-27-23-17-13-18-24-27)25-19-11-9-7-5-3-1-2-4-6-8-10-14-20-26-21-15-12-16-22-26/h12-13,15-18,21-24H,1-11,14,19-20,25H2. The minimum Gasteiger partial charge on any atom is -0.427 e. The van der Waals surface area contributed by atoms with E-state index in [2.05, 4.69) is 30.3 Å². The largest absolute Gasteiger partial charge is 0.427 e. The van der Waals surface area contributed by atoms with E-state index in [-0.39, 0.29) is 5.97 Å². The van der Waals surface area contributed by atoms with Crippen molar-refractivity contribution >= 4 is 5.97 Å². The molecule has 2 rings (SSSR count). The zero-order chi connectivity index (χ0) is 21.1. The van der Waals surface area contributed by atoms with Crippen LogP contribution in [0, 0.1) is 0 Å². The van der Waals surface area contributed by atoms with Crippen LogP contribution in [0.3, 0.4) is 0 Å². The van der Waals surface area contributed by atoms with Crippen LogP contribution in [0.4, 0.5) is 0 Å². The van der Waals surface area contributed by atoms with E-state index < -0.39 is 0 Å². The van der Waals surface area contributed by atoms with Crippen LogP contribution in [0.15, 0.2) is 60.7 Å². The summed E-state index contributed by atoms with van der Waals surface area (Å²) in [5, 5.41) is 0. The molecule has 2 aromatic carbocycles. The minimum atomic E-state index is -0.110. The molecule has 0 fully saturated rings. The molecule has 2 aromatic rings. The average molecular weight is 409 g/mol. The van der Waals surface area contributed by atoms with Gasteiger partial charge in [-0.25, -0.2) is 0 Å². The Morgan fingerprint density at radius 1 is 0.533 bits per heavy atom. The third-order valence-corrected chi connectivity index (χ3v) is 5.66. The summed E-state index contributed by atoms with van der Waals surface area (Å²) in [5.41, 5.74) is 1.48. The highest BCUT2D eigenvalue weighted by atomic mass is 16.5. The van der Waals surface area contributed by atoms with Crippen molar-refractivity contribution in [3.05, 3.63) is 66.2 Å². The van der Waals surface area contributed by atoms with Gasteiger partial charge in [0.05, 0.1) is 0 Å². The van der Waals surface area contributed by atoms with Gasteiger partial charge in [-0.05, 0) is 37.0 Å². The quantitative estimate of drug-likeness (QED) is 0.149. The van der Waals surface area contributed by atoms with Crippen LogP contribution in [-0.2, 0) is 11.2 Å². The highest BCUT2D eigenvalue weighted by Gasteiger charge is 2.04. The number of aryl methyl sites for hydroxylation is 1. The van der Waals surface area contributed by atoms with Gasteiger partial charge >= 0.3 is 5.97 Å². The van der Waals surface area contributed by atoms with Gasteiger partial charge in [0.1, 0.15) is 5.75 Å². The zero-order valence-electron chi connectivity index (χ0n) is 18.7. The fourth-order valence-corrected chi connectivity index (χ4v) is 3.86. The Balaban J connectivity index is 1.28. The van der Waals surface area contributed by atoms with E-state index in [1.807, 2.05) is 30.3 Å². The van der Waals surface area contributed by atoms with Crippen LogP contribution < -0.4 is 4.74 Å². The van der Waals surface area contributed by atoms with Gasteiger partial charge in [0, 0.05) is 6.42 Å². The molecule has 0 aliphatic heterocycles. The molecule has 0 bridgehead atoms. The number of carbonyl (C=O) groups is 1. The summed E-state index contributed by atoms with van der Waals surface area (Å²) in [6.07, 6.45) is 18.7. The highest BCUT2D eigenvalue weighted by molar-refractivity contribution is 5.72. The van der Waals surface area contributed by atoms with E-state index in [1.165, 1.54) is 82.6 Å². The molecule has 2 nitrogen and oxygen atoms in total. The van der Waals surface area contributed by atoms with Crippen LogP contribution in [0.2, 0.25) is 0 Å². The van der Waals surface area contributed by atoms with Crippen molar-refractivity contribution in [3.63, 3.8) is 0 Å². The third-order valence-electron chi connectivity index (χ3n) is 5.66. The molecular weight excluding hydrogens is 368 g/mol. The Morgan fingerprint density at radius 2 is 0.967 bits per heavy atom. The predicted octanol–water partition coefficient (Wildman–Crippen LogP) is 8.30. The molecular formula is C28H40O2. The maximum Gasteiger partial charge on any atom is 0.311 e. The normalized spacial score (nSPS) is 10.8. The summed E-state index contributed by atoms with van der Waals surface area (Å²) in [6.45, 7) is 0. The smallest absolute Gasteiger partial charge is 0.311 e. The Morgan fingerprint density at radius 3 is 1.50 bits per heavy atom. The van der Waals surface area contributed by atoms with Crippen LogP contribution in [-0.4, -0.2) is 5.97 Å². The van der Waals surface area contributed by atoms with Gasteiger partial charge in [-0.2, -0.15) is 0 Å². The van der Waals surface area contributed by atoms with Crippen molar-refractivity contribution in [3.8, 4) is 5.75 Å². The van der Waals surface area contributed by atoms with E-state index in [9.17, 15) is 4.79 Å². The Hall–Kier alpha value is -2.09. The lowest BCUT2D eigenvalue weighted by atomic mass is 10.0. The molecule has 0 spiro atoms. The van der Waals surface area contributed by atoms with E-state index in [0.29, 0.717) is 12.2 Å². The lowest BCUT2D eigenvalue weighted by Crippen LogP contribution is -2.07. The second-order valence-corrected chi connectivity index (χ2v) is 8.37. The summed E-state index contributed by atoms with van der Waals surface area (Å²) in [5.74, 6) is 0.538. The summed E-state index contributed by atoms with van der Waals surface area (Å²) in [7, 11) is 0. The van der Waals surface area contributed by atoms with Gasteiger partial charge in [0.25, 0.3) is 0 Å². The van der Waals surface area contributed by atoms with Crippen molar-refractivity contribution in [2.24, 2.45) is 0 Å². The Kier molecular flexibility index (Phi) is 13.4. The molecule has 0 aromatic heterocycles. The first kappa shape index (κ1) is 24.2. The summed E-state index contributed by atoms with van der Waals surface area (Å²) >= 11 is 0. The van der Waals surface area contributed by atoms with Gasteiger partial charge in [-0.1, -0.05) is 119 Å². The maximum atomic E-state index is 11.8. The number of hydrogen-bond acceptors (Lipinski definition) is 2. The average Bonchev–Trinajstić information content (AvgIpc) is 2.78. The van der Waals surface area contributed by atoms with Crippen molar-refractivity contribution in [2.75, 3.05) is 0 Å². The van der Waals surface area contributed by atoms with Gasteiger partial charge < -0.3 is 4.74 Å².